The maximum atomic E-state index is 12.0. The number of nitrogens with zero attached hydrogens (tertiary/aromatic N) is 2. The van der Waals surface area contributed by atoms with Crippen molar-refractivity contribution in [3.63, 3.8) is 0 Å². The summed E-state index contributed by atoms with van der Waals surface area (Å²) in [7, 11) is 0. The number of carbonyl (C=O) groups excluding carboxylic acids is 1. The molecule has 0 saturated heterocycles. The first kappa shape index (κ1) is 15.3. The Morgan fingerprint density at radius 2 is 2.00 bits per heavy atom. The normalized spacial score (nSPS) is 13.9. The van der Waals surface area contributed by atoms with Crippen LogP contribution in [0.3, 0.4) is 0 Å². The summed E-state index contributed by atoms with van der Waals surface area (Å²) in [6.07, 6.45) is 10.7. The van der Waals surface area contributed by atoms with Gasteiger partial charge < -0.3 is 9.73 Å². The van der Waals surface area contributed by atoms with Crippen LogP contribution in [0.5, 0.6) is 0 Å². The van der Waals surface area contributed by atoms with Crippen LogP contribution in [0.15, 0.2) is 65.5 Å². The zero-order valence-corrected chi connectivity index (χ0v) is 13.6. The molecule has 1 amide bonds. The van der Waals surface area contributed by atoms with Gasteiger partial charge in [-0.05, 0) is 54.8 Å². The van der Waals surface area contributed by atoms with Crippen LogP contribution in [0.2, 0.25) is 0 Å². The highest BCUT2D eigenvalue weighted by Gasteiger charge is 2.28. The molecular weight excluding hydrogens is 314 g/mol. The molecule has 25 heavy (non-hydrogen) atoms. The molecule has 1 aromatic carbocycles. The number of hydrogen-bond acceptors (Lipinski definition) is 4. The van der Waals surface area contributed by atoms with Gasteiger partial charge in [0.1, 0.15) is 0 Å². The minimum atomic E-state index is -0.188. The number of nitrogens with one attached hydrogen (secondary N) is 1. The molecule has 0 radical (unpaired) electrons. The third-order valence-corrected chi connectivity index (χ3v) is 4.00. The van der Waals surface area contributed by atoms with E-state index >= 15 is 0 Å². The largest absolute Gasteiger partial charge is 0.440 e. The Hall–Kier alpha value is -3.21. The predicted molar refractivity (Wildman–Crippen MR) is 95.8 cm³/mol. The SMILES string of the molecule is O=C(C=Cc1cccnc1)Nc1ccc(-c2cnc(C3CC3)o2)cc1. The third kappa shape index (κ3) is 3.83. The predicted octanol–water partition coefficient (Wildman–Crippen LogP) is 4.27. The zero-order valence-electron chi connectivity index (χ0n) is 13.6. The van der Waals surface area contributed by atoms with E-state index in [4.69, 9.17) is 4.42 Å². The maximum Gasteiger partial charge on any atom is 0.248 e. The highest BCUT2D eigenvalue weighted by atomic mass is 16.4. The van der Waals surface area contributed by atoms with Crippen molar-refractivity contribution in [1.29, 1.82) is 0 Å². The van der Waals surface area contributed by atoms with E-state index in [9.17, 15) is 4.79 Å². The fraction of sp³-hybridized carbons (Fsp3) is 0.150. The second-order valence-corrected chi connectivity index (χ2v) is 6.02. The molecule has 0 spiro atoms. The molecule has 1 saturated carbocycles. The Kier molecular flexibility index (Phi) is 4.12. The van der Waals surface area contributed by atoms with Gasteiger partial charge in [0.25, 0.3) is 0 Å². The minimum Gasteiger partial charge on any atom is -0.440 e. The highest BCUT2D eigenvalue weighted by Crippen LogP contribution is 2.40. The number of benzene rings is 1. The summed E-state index contributed by atoms with van der Waals surface area (Å²) in [5.41, 5.74) is 2.56. The summed E-state index contributed by atoms with van der Waals surface area (Å²) < 4.78 is 5.79. The molecule has 0 aliphatic heterocycles. The Labute approximate surface area is 145 Å². The zero-order chi connectivity index (χ0) is 17.1. The van der Waals surface area contributed by atoms with Crippen molar-refractivity contribution in [2.24, 2.45) is 0 Å². The summed E-state index contributed by atoms with van der Waals surface area (Å²) in [6, 6.07) is 11.2. The van der Waals surface area contributed by atoms with Gasteiger partial charge in [0.05, 0.1) is 6.20 Å². The van der Waals surface area contributed by atoms with Crippen LogP contribution >= 0.6 is 0 Å². The van der Waals surface area contributed by atoms with Crippen molar-refractivity contribution in [2.45, 2.75) is 18.8 Å². The second kappa shape index (κ2) is 6.73. The lowest BCUT2D eigenvalue weighted by Gasteiger charge is -2.03. The molecule has 2 aromatic heterocycles. The third-order valence-electron chi connectivity index (χ3n) is 4.00. The standard InChI is InChI=1S/C20H17N3O2/c24-19(10-3-14-2-1-11-21-12-14)23-17-8-6-15(7-9-17)18-13-22-20(25-18)16-4-5-16/h1-3,6-13,16H,4-5H2,(H,23,24). The number of aromatic nitrogens is 2. The van der Waals surface area contributed by atoms with E-state index < -0.39 is 0 Å². The fourth-order valence-electron chi connectivity index (χ4n) is 2.49. The number of rotatable bonds is 5. The van der Waals surface area contributed by atoms with E-state index in [0.717, 1.165) is 41.3 Å². The molecular formula is C20H17N3O2. The number of hydrogen-bond donors (Lipinski definition) is 1. The average Bonchev–Trinajstić information content (AvgIpc) is 3.39. The lowest BCUT2D eigenvalue weighted by atomic mass is 10.1. The number of anilines is 1. The molecule has 1 aliphatic carbocycles. The minimum absolute atomic E-state index is 0.188. The van der Waals surface area contributed by atoms with Crippen LogP contribution in [0.4, 0.5) is 5.69 Å². The summed E-state index contributed by atoms with van der Waals surface area (Å²) in [4.78, 5) is 20.3. The van der Waals surface area contributed by atoms with Gasteiger partial charge >= 0.3 is 0 Å². The van der Waals surface area contributed by atoms with Gasteiger partial charge in [-0.2, -0.15) is 0 Å². The van der Waals surface area contributed by atoms with Crippen molar-refractivity contribution in [2.75, 3.05) is 5.32 Å². The first-order valence-corrected chi connectivity index (χ1v) is 8.23. The number of pyridine rings is 1. The van der Waals surface area contributed by atoms with E-state index in [1.165, 1.54) is 6.08 Å². The van der Waals surface area contributed by atoms with E-state index in [0.29, 0.717) is 5.92 Å². The Morgan fingerprint density at radius 1 is 1.16 bits per heavy atom. The van der Waals surface area contributed by atoms with Crippen molar-refractivity contribution in [3.8, 4) is 11.3 Å². The topological polar surface area (TPSA) is 68.0 Å². The van der Waals surface area contributed by atoms with Gasteiger partial charge in [-0.1, -0.05) is 6.07 Å². The fourth-order valence-corrected chi connectivity index (χ4v) is 2.49. The molecule has 0 bridgehead atoms. The number of amides is 1. The van der Waals surface area contributed by atoms with E-state index in [1.54, 1.807) is 24.7 Å². The van der Waals surface area contributed by atoms with Gasteiger partial charge in [-0.15, -0.1) is 0 Å². The van der Waals surface area contributed by atoms with Crippen molar-refractivity contribution in [1.82, 2.24) is 9.97 Å². The van der Waals surface area contributed by atoms with Crippen LogP contribution in [0.1, 0.15) is 30.2 Å². The second-order valence-electron chi connectivity index (χ2n) is 6.02. The Balaban J connectivity index is 1.39. The first-order valence-electron chi connectivity index (χ1n) is 8.23. The lowest BCUT2D eigenvalue weighted by molar-refractivity contribution is -0.111. The quantitative estimate of drug-likeness (QED) is 0.709. The molecule has 0 unspecified atom stereocenters. The lowest BCUT2D eigenvalue weighted by Crippen LogP contribution is -2.07. The molecule has 4 rings (SSSR count). The summed E-state index contributed by atoms with van der Waals surface area (Å²) in [5, 5.41) is 2.83. The molecule has 5 heteroatoms. The van der Waals surface area contributed by atoms with Crippen molar-refractivity contribution >= 4 is 17.7 Å². The molecule has 1 fully saturated rings. The average molecular weight is 331 g/mol. The smallest absolute Gasteiger partial charge is 0.248 e. The number of carbonyl (C=O) groups is 1. The Morgan fingerprint density at radius 3 is 2.72 bits per heavy atom. The molecule has 1 N–H and O–H groups in total. The van der Waals surface area contributed by atoms with Crippen LogP contribution in [0.25, 0.3) is 17.4 Å². The molecule has 1 aliphatic rings. The molecule has 124 valence electrons. The van der Waals surface area contributed by atoms with Crippen LogP contribution in [-0.2, 0) is 4.79 Å². The van der Waals surface area contributed by atoms with E-state index in [1.807, 2.05) is 36.4 Å². The van der Waals surface area contributed by atoms with Gasteiger partial charge in [0, 0.05) is 35.6 Å². The molecule has 3 aromatic rings. The first-order chi connectivity index (χ1) is 12.3. The van der Waals surface area contributed by atoms with Gasteiger partial charge in [0.15, 0.2) is 11.7 Å². The van der Waals surface area contributed by atoms with Crippen LogP contribution in [-0.4, -0.2) is 15.9 Å². The summed E-state index contributed by atoms with van der Waals surface area (Å²) in [6.45, 7) is 0. The highest BCUT2D eigenvalue weighted by molar-refractivity contribution is 6.01. The van der Waals surface area contributed by atoms with Gasteiger partial charge in [-0.3, -0.25) is 9.78 Å². The van der Waals surface area contributed by atoms with E-state index in [-0.39, 0.29) is 5.91 Å². The van der Waals surface area contributed by atoms with Crippen molar-refractivity contribution in [3.05, 3.63) is 72.5 Å². The van der Waals surface area contributed by atoms with Gasteiger partial charge in [0.2, 0.25) is 5.91 Å². The molecule has 0 atom stereocenters. The van der Waals surface area contributed by atoms with Crippen LogP contribution < -0.4 is 5.32 Å². The van der Waals surface area contributed by atoms with Crippen LogP contribution in [0, 0.1) is 0 Å². The maximum absolute atomic E-state index is 12.0. The Bertz CT molecular complexity index is 894. The monoisotopic (exact) mass is 331 g/mol. The molecule has 2 heterocycles. The number of oxazole rings is 1. The van der Waals surface area contributed by atoms with Gasteiger partial charge in [-0.25, -0.2) is 4.98 Å². The summed E-state index contributed by atoms with van der Waals surface area (Å²) in [5.74, 6) is 1.90. The summed E-state index contributed by atoms with van der Waals surface area (Å²) >= 11 is 0. The van der Waals surface area contributed by atoms with E-state index in [2.05, 4.69) is 15.3 Å². The molecule has 5 nitrogen and oxygen atoms in total. The van der Waals surface area contributed by atoms with Crippen molar-refractivity contribution < 1.29 is 9.21 Å².